The molecule has 1 aliphatic rings. The van der Waals surface area contributed by atoms with Crippen molar-refractivity contribution in [2.75, 3.05) is 5.32 Å². The molecule has 2 N–H and O–H groups in total. The first-order chi connectivity index (χ1) is 9.84. The highest BCUT2D eigenvalue weighted by atomic mass is 19.1. The molecule has 0 bridgehead atoms. The van der Waals surface area contributed by atoms with E-state index in [1.54, 1.807) is 6.92 Å². The minimum Gasteiger partial charge on any atom is -0.481 e. The minimum atomic E-state index is -0.986. The molecular weight excluding hydrogens is 279 g/mol. The molecule has 0 saturated heterocycles. The Bertz CT molecular complexity index is 578. The summed E-state index contributed by atoms with van der Waals surface area (Å²) in [7, 11) is 0. The summed E-state index contributed by atoms with van der Waals surface area (Å²) in [6, 6.07) is 2.82. The summed E-state index contributed by atoms with van der Waals surface area (Å²) in [4.78, 5) is 21.8. The van der Waals surface area contributed by atoms with Crippen molar-refractivity contribution in [2.24, 2.45) is 5.41 Å². The molecule has 0 aromatic heterocycles. The summed E-state index contributed by atoms with van der Waals surface area (Å²) < 4.78 is 13.1. The van der Waals surface area contributed by atoms with E-state index >= 15 is 0 Å². The SMILES string of the molecule is CC1(C(=O)O)CCCCC1Nc1ccc(F)cc1[N+](=O)[O-]. The summed E-state index contributed by atoms with van der Waals surface area (Å²) in [6.45, 7) is 1.64. The molecule has 2 atom stereocenters. The molecule has 1 aromatic rings. The molecule has 0 amide bonds. The van der Waals surface area contributed by atoms with Gasteiger partial charge in [-0.3, -0.25) is 14.9 Å². The first-order valence-corrected chi connectivity index (χ1v) is 6.78. The van der Waals surface area contributed by atoms with Crippen LogP contribution in [0.1, 0.15) is 32.6 Å². The van der Waals surface area contributed by atoms with Gasteiger partial charge in [-0.1, -0.05) is 12.8 Å². The van der Waals surface area contributed by atoms with Crippen LogP contribution in [-0.2, 0) is 4.79 Å². The average molecular weight is 296 g/mol. The number of nitro groups is 1. The largest absolute Gasteiger partial charge is 0.481 e. The van der Waals surface area contributed by atoms with Gasteiger partial charge in [0.15, 0.2) is 0 Å². The maximum atomic E-state index is 13.1. The third kappa shape index (κ3) is 2.96. The van der Waals surface area contributed by atoms with Gasteiger partial charge in [-0.05, 0) is 31.9 Å². The molecule has 2 rings (SSSR count). The maximum Gasteiger partial charge on any atom is 0.311 e. The number of nitrogens with zero attached hydrogens (tertiary/aromatic N) is 1. The van der Waals surface area contributed by atoms with Crippen LogP contribution in [-0.4, -0.2) is 22.0 Å². The number of carbonyl (C=O) groups is 1. The normalized spacial score (nSPS) is 25.3. The van der Waals surface area contributed by atoms with E-state index in [4.69, 9.17) is 0 Å². The average Bonchev–Trinajstić information content (AvgIpc) is 2.42. The number of carboxylic acid groups (broad SMARTS) is 1. The number of benzene rings is 1. The summed E-state index contributed by atoms with van der Waals surface area (Å²) >= 11 is 0. The Morgan fingerprint density at radius 3 is 2.86 bits per heavy atom. The van der Waals surface area contributed by atoms with Gasteiger partial charge in [-0.2, -0.15) is 0 Å². The lowest BCUT2D eigenvalue weighted by molar-refractivity contribution is -0.384. The van der Waals surface area contributed by atoms with Crippen LogP contribution in [0.25, 0.3) is 0 Å². The standard InChI is InChI=1S/C14H17FN2O4/c1-14(13(18)19)7-3-2-4-12(14)16-10-6-5-9(15)8-11(10)17(20)21/h5-6,8,12,16H,2-4,7H2,1H3,(H,18,19). The second-order valence-corrected chi connectivity index (χ2v) is 5.58. The lowest BCUT2D eigenvalue weighted by atomic mass is 9.71. The zero-order valence-electron chi connectivity index (χ0n) is 11.6. The number of hydrogen-bond acceptors (Lipinski definition) is 4. The molecule has 21 heavy (non-hydrogen) atoms. The molecule has 7 heteroatoms. The summed E-state index contributed by atoms with van der Waals surface area (Å²) in [5, 5.41) is 23.4. The van der Waals surface area contributed by atoms with E-state index in [2.05, 4.69) is 5.32 Å². The number of nitro benzene ring substituents is 1. The first kappa shape index (κ1) is 15.2. The molecule has 1 saturated carbocycles. The van der Waals surface area contributed by atoms with Crippen LogP contribution in [0.5, 0.6) is 0 Å². The fourth-order valence-electron chi connectivity index (χ4n) is 2.79. The predicted octanol–water partition coefficient (Wildman–Crippen LogP) is 3.18. The van der Waals surface area contributed by atoms with E-state index in [1.165, 1.54) is 6.07 Å². The van der Waals surface area contributed by atoms with Crippen LogP contribution in [0.3, 0.4) is 0 Å². The molecule has 1 aliphatic carbocycles. The van der Waals surface area contributed by atoms with Crippen LogP contribution in [0.2, 0.25) is 0 Å². The van der Waals surface area contributed by atoms with Crippen LogP contribution in [0.15, 0.2) is 18.2 Å². The van der Waals surface area contributed by atoms with Crippen molar-refractivity contribution in [3.05, 3.63) is 34.1 Å². The van der Waals surface area contributed by atoms with Crippen molar-refractivity contribution >= 4 is 17.3 Å². The Kier molecular flexibility index (Phi) is 4.11. The number of rotatable bonds is 4. The van der Waals surface area contributed by atoms with Gasteiger partial charge in [0.25, 0.3) is 5.69 Å². The monoisotopic (exact) mass is 296 g/mol. The minimum absolute atomic E-state index is 0.153. The second kappa shape index (κ2) is 5.67. The van der Waals surface area contributed by atoms with Crippen molar-refractivity contribution < 1.29 is 19.2 Å². The van der Waals surface area contributed by atoms with Gasteiger partial charge in [-0.15, -0.1) is 0 Å². The Morgan fingerprint density at radius 1 is 1.52 bits per heavy atom. The molecule has 0 aliphatic heterocycles. The summed E-state index contributed by atoms with van der Waals surface area (Å²) in [6.07, 6.45) is 2.79. The van der Waals surface area contributed by atoms with Crippen LogP contribution in [0.4, 0.5) is 15.8 Å². The quantitative estimate of drug-likeness (QED) is 0.657. The number of hydrogen-bond donors (Lipinski definition) is 2. The van der Waals surface area contributed by atoms with Gasteiger partial charge >= 0.3 is 5.97 Å². The Balaban J connectivity index is 2.32. The number of nitrogens with one attached hydrogen (secondary N) is 1. The highest BCUT2D eigenvalue weighted by Gasteiger charge is 2.43. The highest BCUT2D eigenvalue weighted by Crippen LogP contribution is 2.39. The zero-order valence-corrected chi connectivity index (χ0v) is 11.6. The third-order valence-corrected chi connectivity index (χ3v) is 4.18. The van der Waals surface area contributed by atoms with Gasteiger partial charge in [0.1, 0.15) is 11.5 Å². The molecular formula is C14H17FN2O4. The van der Waals surface area contributed by atoms with Crippen LogP contribution in [0, 0.1) is 21.3 Å². The van der Waals surface area contributed by atoms with E-state index < -0.39 is 28.2 Å². The number of aliphatic carboxylic acids is 1. The zero-order chi connectivity index (χ0) is 15.6. The lowest BCUT2D eigenvalue weighted by Crippen LogP contribution is -2.46. The van der Waals surface area contributed by atoms with Crippen molar-refractivity contribution in [3.63, 3.8) is 0 Å². The van der Waals surface area contributed by atoms with Crippen molar-refractivity contribution in [1.29, 1.82) is 0 Å². The Hall–Kier alpha value is -2.18. The molecule has 1 fully saturated rings. The summed E-state index contributed by atoms with van der Waals surface area (Å²) in [5.41, 5.74) is -1.21. The van der Waals surface area contributed by atoms with Gasteiger partial charge in [-0.25, -0.2) is 4.39 Å². The smallest absolute Gasteiger partial charge is 0.311 e. The summed E-state index contributed by atoms with van der Waals surface area (Å²) in [5.74, 6) is -1.62. The molecule has 0 spiro atoms. The number of carboxylic acids is 1. The second-order valence-electron chi connectivity index (χ2n) is 5.58. The molecule has 0 heterocycles. The van der Waals surface area contributed by atoms with Gasteiger partial charge in [0.05, 0.1) is 16.4 Å². The van der Waals surface area contributed by atoms with Crippen molar-refractivity contribution in [1.82, 2.24) is 0 Å². The van der Waals surface area contributed by atoms with Crippen LogP contribution >= 0.6 is 0 Å². The molecule has 114 valence electrons. The predicted molar refractivity (Wildman–Crippen MR) is 74.7 cm³/mol. The van der Waals surface area contributed by atoms with E-state index in [-0.39, 0.29) is 11.4 Å². The third-order valence-electron chi connectivity index (χ3n) is 4.18. The van der Waals surface area contributed by atoms with Crippen molar-refractivity contribution in [3.8, 4) is 0 Å². The van der Waals surface area contributed by atoms with Gasteiger partial charge < -0.3 is 10.4 Å². The van der Waals surface area contributed by atoms with E-state index in [9.17, 15) is 24.4 Å². The van der Waals surface area contributed by atoms with Crippen LogP contribution < -0.4 is 5.32 Å². The Labute approximate surface area is 121 Å². The molecule has 2 unspecified atom stereocenters. The van der Waals surface area contributed by atoms with E-state index in [0.717, 1.165) is 25.0 Å². The molecule has 1 aromatic carbocycles. The fraction of sp³-hybridized carbons (Fsp3) is 0.500. The van der Waals surface area contributed by atoms with E-state index in [0.29, 0.717) is 12.8 Å². The maximum absolute atomic E-state index is 13.1. The first-order valence-electron chi connectivity index (χ1n) is 6.78. The number of anilines is 1. The van der Waals surface area contributed by atoms with Gasteiger partial charge in [0.2, 0.25) is 0 Å². The topological polar surface area (TPSA) is 92.5 Å². The molecule has 0 radical (unpaired) electrons. The number of halogens is 1. The lowest BCUT2D eigenvalue weighted by Gasteiger charge is -2.38. The van der Waals surface area contributed by atoms with Crippen molar-refractivity contribution in [2.45, 2.75) is 38.6 Å². The Morgan fingerprint density at radius 2 is 2.24 bits per heavy atom. The fourth-order valence-corrected chi connectivity index (χ4v) is 2.79. The van der Waals surface area contributed by atoms with Gasteiger partial charge in [0, 0.05) is 6.04 Å². The molecule has 6 nitrogen and oxygen atoms in total. The highest BCUT2D eigenvalue weighted by molar-refractivity contribution is 5.76. The van der Waals surface area contributed by atoms with E-state index in [1.807, 2.05) is 0 Å².